The van der Waals surface area contributed by atoms with Gasteiger partial charge in [-0.1, -0.05) is 24.3 Å². The van der Waals surface area contributed by atoms with Gasteiger partial charge in [0, 0.05) is 44.5 Å². The van der Waals surface area contributed by atoms with Gasteiger partial charge in [-0.15, -0.1) is 24.0 Å². The summed E-state index contributed by atoms with van der Waals surface area (Å²) in [7, 11) is 1.50. The number of hydrogen-bond donors (Lipinski definition) is 2. The number of benzene rings is 2. The van der Waals surface area contributed by atoms with Gasteiger partial charge < -0.3 is 20.3 Å². The van der Waals surface area contributed by atoms with E-state index in [-0.39, 0.29) is 54.4 Å². The van der Waals surface area contributed by atoms with Crippen LogP contribution in [0.15, 0.2) is 47.5 Å². The Kier molecular flexibility index (Phi) is 9.35. The van der Waals surface area contributed by atoms with Crippen molar-refractivity contribution in [3.63, 3.8) is 0 Å². The fourth-order valence-electron chi connectivity index (χ4n) is 3.22. The van der Waals surface area contributed by atoms with E-state index in [2.05, 4.69) is 15.6 Å². The van der Waals surface area contributed by atoms with Crippen LogP contribution < -0.4 is 15.5 Å². The number of alkyl halides is 3. The molecule has 0 unspecified atom stereocenters. The van der Waals surface area contributed by atoms with Crippen LogP contribution >= 0.6 is 24.0 Å². The van der Waals surface area contributed by atoms with Gasteiger partial charge in [0.05, 0.1) is 18.8 Å². The minimum Gasteiger partial charge on any atom is -0.378 e. The molecule has 5 nitrogen and oxygen atoms in total. The molecule has 1 heterocycles. The maximum atomic E-state index is 13.7. The molecule has 0 spiro atoms. The summed E-state index contributed by atoms with van der Waals surface area (Å²) in [6.45, 7) is 2.19. The van der Waals surface area contributed by atoms with Crippen molar-refractivity contribution in [1.82, 2.24) is 10.6 Å². The Morgan fingerprint density at radius 1 is 1.03 bits per heavy atom. The zero-order valence-corrected chi connectivity index (χ0v) is 19.3. The van der Waals surface area contributed by atoms with Crippen molar-refractivity contribution in [2.24, 2.45) is 4.99 Å². The molecule has 0 atom stereocenters. The van der Waals surface area contributed by atoms with Crippen LogP contribution in [-0.4, -0.2) is 39.3 Å². The summed E-state index contributed by atoms with van der Waals surface area (Å²) in [5.74, 6) is -0.0813. The third kappa shape index (κ3) is 6.96. The van der Waals surface area contributed by atoms with Gasteiger partial charge in [-0.25, -0.2) is 4.39 Å². The molecule has 0 aromatic heterocycles. The van der Waals surface area contributed by atoms with Crippen LogP contribution in [0.3, 0.4) is 0 Å². The van der Waals surface area contributed by atoms with E-state index in [1.165, 1.54) is 25.2 Å². The molecule has 0 aliphatic carbocycles. The highest BCUT2D eigenvalue weighted by Crippen LogP contribution is 2.35. The lowest BCUT2D eigenvalue weighted by Crippen LogP contribution is -2.37. The lowest BCUT2D eigenvalue weighted by Gasteiger charge is -2.29. The summed E-state index contributed by atoms with van der Waals surface area (Å²) in [4.78, 5) is 5.88. The van der Waals surface area contributed by atoms with Gasteiger partial charge in [-0.3, -0.25) is 4.99 Å². The fraction of sp³-hybridized carbons (Fsp3) is 0.381. The Labute approximate surface area is 195 Å². The number of morpholine rings is 1. The predicted molar refractivity (Wildman–Crippen MR) is 123 cm³/mol. The second kappa shape index (κ2) is 11.5. The van der Waals surface area contributed by atoms with Crippen molar-refractivity contribution in [2.45, 2.75) is 19.3 Å². The van der Waals surface area contributed by atoms with Crippen LogP contribution in [0.25, 0.3) is 0 Å². The molecule has 0 amide bonds. The van der Waals surface area contributed by atoms with Crippen LogP contribution in [0.5, 0.6) is 0 Å². The fourth-order valence-corrected chi connectivity index (χ4v) is 3.22. The molecular formula is C21H25F4IN4O. The molecule has 170 valence electrons. The van der Waals surface area contributed by atoms with Crippen molar-refractivity contribution in [3.05, 3.63) is 65.0 Å². The lowest BCUT2D eigenvalue weighted by atomic mass is 10.0. The largest absolute Gasteiger partial charge is 0.416 e. The number of guanidine groups is 1. The van der Waals surface area contributed by atoms with E-state index >= 15 is 0 Å². The maximum Gasteiger partial charge on any atom is 0.416 e. The van der Waals surface area contributed by atoms with Gasteiger partial charge in [0.15, 0.2) is 5.96 Å². The molecule has 0 saturated carbocycles. The zero-order valence-electron chi connectivity index (χ0n) is 17.0. The van der Waals surface area contributed by atoms with Crippen LogP contribution in [0, 0.1) is 5.82 Å². The molecule has 2 aromatic carbocycles. The molecule has 0 bridgehead atoms. The summed E-state index contributed by atoms with van der Waals surface area (Å²) in [5, 5.41) is 5.78. The predicted octanol–water partition coefficient (Wildman–Crippen LogP) is 4.16. The molecule has 10 heteroatoms. The second-order valence-corrected chi connectivity index (χ2v) is 6.81. The van der Waals surface area contributed by atoms with Crippen molar-refractivity contribution in [2.75, 3.05) is 38.3 Å². The molecule has 3 rings (SSSR count). The van der Waals surface area contributed by atoms with Crippen LogP contribution in [0.2, 0.25) is 0 Å². The Balaban J connectivity index is 0.00000341. The monoisotopic (exact) mass is 552 g/mol. The minimum atomic E-state index is -4.48. The van der Waals surface area contributed by atoms with Gasteiger partial charge in [0.2, 0.25) is 0 Å². The molecule has 1 aliphatic rings. The minimum absolute atomic E-state index is 0. The number of hydrogen-bond acceptors (Lipinski definition) is 3. The van der Waals surface area contributed by atoms with Gasteiger partial charge in [0.1, 0.15) is 5.82 Å². The number of anilines is 1. The Hall–Kier alpha value is -2.08. The SMILES string of the molecule is CN=C(NCc1ccccc1F)NCc1ccc(N2CCOCC2)cc1C(F)(F)F.I. The van der Waals surface area contributed by atoms with Gasteiger partial charge in [0.25, 0.3) is 0 Å². The van der Waals surface area contributed by atoms with E-state index in [4.69, 9.17) is 4.74 Å². The van der Waals surface area contributed by atoms with Crippen LogP contribution in [0.1, 0.15) is 16.7 Å². The van der Waals surface area contributed by atoms with Crippen molar-refractivity contribution >= 4 is 35.6 Å². The van der Waals surface area contributed by atoms with Crippen molar-refractivity contribution in [1.29, 1.82) is 0 Å². The van der Waals surface area contributed by atoms with Crippen molar-refractivity contribution in [3.8, 4) is 0 Å². The first-order valence-corrected chi connectivity index (χ1v) is 9.59. The molecule has 31 heavy (non-hydrogen) atoms. The number of rotatable bonds is 5. The topological polar surface area (TPSA) is 48.9 Å². The summed E-state index contributed by atoms with van der Waals surface area (Å²) >= 11 is 0. The zero-order chi connectivity index (χ0) is 21.6. The smallest absolute Gasteiger partial charge is 0.378 e. The molecule has 1 saturated heterocycles. The molecule has 2 N–H and O–H groups in total. The van der Waals surface area contributed by atoms with Gasteiger partial charge in [-0.2, -0.15) is 13.2 Å². The average molecular weight is 552 g/mol. The Bertz CT molecular complexity index is 886. The summed E-state index contributed by atoms with van der Waals surface area (Å²) in [6.07, 6.45) is -4.48. The highest BCUT2D eigenvalue weighted by molar-refractivity contribution is 14.0. The normalized spacial score (nSPS) is 14.7. The quantitative estimate of drug-likeness (QED) is 0.253. The van der Waals surface area contributed by atoms with E-state index in [0.29, 0.717) is 37.6 Å². The van der Waals surface area contributed by atoms with E-state index in [1.807, 2.05) is 4.90 Å². The molecule has 0 radical (unpaired) electrons. The first kappa shape index (κ1) is 25.2. The van der Waals surface area contributed by atoms with E-state index < -0.39 is 11.7 Å². The average Bonchev–Trinajstić information content (AvgIpc) is 2.75. The Morgan fingerprint density at radius 3 is 2.29 bits per heavy atom. The van der Waals surface area contributed by atoms with Gasteiger partial charge in [-0.05, 0) is 23.8 Å². The van der Waals surface area contributed by atoms with Gasteiger partial charge >= 0.3 is 6.18 Å². The maximum absolute atomic E-state index is 13.7. The third-order valence-electron chi connectivity index (χ3n) is 4.85. The lowest BCUT2D eigenvalue weighted by molar-refractivity contribution is -0.138. The standard InChI is InChI=1S/C21H24F4N4O.HI/c1-26-20(28-14-16-4-2-3-5-19(16)22)27-13-15-6-7-17(12-18(15)21(23,24)25)29-8-10-30-11-9-29;/h2-7,12H,8-11,13-14H2,1H3,(H2,26,27,28);1H. The van der Waals surface area contributed by atoms with E-state index in [9.17, 15) is 17.6 Å². The van der Waals surface area contributed by atoms with E-state index in [0.717, 1.165) is 0 Å². The summed E-state index contributed by atoms with van der Waals surface area (Å²) in [6, 6.07) is 10.6. The number of nitrogens with one attached hydrogen (secondary N) is 2. The van der Waals surface area contributed by atoms with Crippen LogP contribution in [-0.2, 0) is 24.0 Å². The van der Waals surface area contributed by atoms with E-state index in [1.54, 1.807) is 24.3 Å². The highest BCUT2D eigenvalue weighted by atomic mass is 127. The number of halogens is 5. The number of nitrogens with zero attached hydrogens (tertiary/aromatic N) is 2. The van der Waals surface area contributed by atoms with Crippen LogP contribution in [0.4, 0.5) is 23.2 Å². The molecule has 1 fully saturated rings. The number of ether oxygens (including phenoxy) is 1. The first-order chi connectivity index (χ1) is 14.4. The molecular weight excluding hydrogens is 527 g/mol. The Morgan fingerprint density at radius 2 is 1.68 bits per heavy atom. The summed E-state index contributed by atoms with van der Waals surface area (Å²) in [5.41, 5.74) is 0.375. The highest BCUT2D eigenvalue weighted by Gasteiger charge is 2.34. The third-order valence-corrected chi connectivity index (χ3v) is 4.85. The van der Waals surface area contributed by atoms with Crippen molar-refractivity contribution < 1.29 is 22.3 Å². The summed E-state index contributed by atoms with van der Waals surface area (Å²) < 4.78 is 60.0. The molecule has 1 aliphatic heterocycles. The first-order valence-electron chi connectivity index (χ1n) is 9.59. The second-order valence-electron chi connectivity index (χ2n) is 6.81. The molecule has 2 aromatic rings. The number of aliphatic imine (C=N–C) groups is 1.